The first kappa shape index (κ1) is 14.9. The SMILES string of the molecule is Cc1c(-c2cccc(NC(=O)C3CCCC3)c2)nc2ncccn12. The van der Waals surface area contributed by atoms with Crippen molar-refractivity contribution in [1.82, 2.24) is 14.4 Å². The van der Waals surface area contributed by atoms with Crippen molar-refractivity contribution in [2.75, 3.05) is 5.32 Å². The molecule has 1 aliphatic carbocycles. The molecule has 1 aromatic carbocycles. The molecule has 1 amide bonds. The predicted molar refractivity (Wildman–Crippen MR) is 93.7 cm³/mol. The number of carbonyl (C=O) groups is 1. The second-order valence-electron chi connectivity index (χ2n) is 6.39. The number of anilines is 1. The van der Waals surface area contributed by atoms with Gasteiger partial charge in [0.15, 0.2) is 0 Å². The van der Waals surface area contributed by atoms with Crippen LogP contribution in [-0.4, -0.2) is 20.3 Å². The summed E-state index contributed by atoms with van der Waals surface area (Å²) in [5.74, 6) is 0.984. The van der Waals surface area contributed by atoms with Crippen LogP contribution in [0.1, 0.15) is 31.4 Å². The van der Waals surface area contributed by atoms with Crippen LogP contribution >= 0.6 is 0 Å². The van der Waals surface area contributed by atoms with E-state index in [4.69, 9.17) is 0 Å². The smallest absolute Gasteiger partial charge is 0.234 e. The summed E-state index contributed by atoms with van der Waals surface area (Å²) in [6.45, 7) is 2.03. The molecule has 0 radical (unpaired) electrons. The minimum absolute atomic E-state index is 0.137. The van der Waals surface area contributed by atoms with Gasteiger partial charge in [0.05, 0.1) is 5.69 Å². The summed E-state index contributed by atoms with van der Waals surface area (Å²) < 4.78 is 1.97. The summed E-state index contributed by atoms with van der Waals surface area (Å²) in [5, 5.41) is 3.06. The van der Waals surface area contributed by atoms with Gasteiger partial charge in [0.25, 0.3) is 0 Å². The maximum absolute atomic E-state index is 12.3. The number of fused-ring (bicyclic) bond motifs is 1. The molecule has 0 spiro atoms. The molecule has 5 nitrogen and oxygen atoms in total. The molecule has 0 bridgehead atoms. The first-order valence-electron chi connectivity index (χ1n) is 8.43. The van der Waals surface area contributed by atoms with Crippen LogP contribution in [0.2, 0.25) is 0 Å². The summed E-state index contributed by atoms with van der Waals surface area (Å²) in [4.78, 5) is 21.2. The van der Waals surface area contributed by atoms with Crippen LogP contribution in [0.5, 0.6) is 0 Å². The van der Waals surface area contributed by atoms with Crippen LogP contribution in [0.25, 0.3) is 17.0 Å². The minimum Gasteiger partial charge on any atom is -0.326 e. The van der Waals surface area contributed by atoms with E-state index < -0.39 is 0 Å². The van der Waals surface area contributed by atoms with Crippen LogP contribution in [0.15, 0.2) is 42.7 Å². The molecular weight excluding hydrogens is 300 g/mol. The lowest BCUT2D eigenvalue weighted by Crippen LogP contribution is -2.20. The maximum atomic E-state index is 12.3. The molecule has 1 saturated carbocycles. The Balaban J connectivity index is 1.64. The number of imidazole rings is 1. The molecule has 1 fully saturated rings. The van der Waals surface area contributed by atoms with Crippen LogP contribution in [-0.2, 0) is 4.79 Å². The number of benzene rings is 1. The Morgan fingerprint density at radius 2 is 2.08 bits per heavy atom. The van der Waals surface area contributed by atoms with E-state index in [1.807, 2.05) is 47.9 Å². The third-order valence-electron chi connectivity index (χ3n) is 4.77. The van der Waals surface area contributed by atoms with E-state index in [0.29, 0.717) is 5.78 Å². The minimum atomic E-state index is 0.137. The molecule has 24 heavy (non-hydrogen) atoms. The van der Waals surface area contributed by atoms with Crippen LogP contribution in [0.4, 0.5) is 5.69 Å². The topological polar surface area (TPSA) is 59.3 Å². The van der Waals surface area contributed by atoms with Crippen LogP contribution in [0, 0.1) is 12.8 Å². The quantitative estimate of drug-likeness (QED) is 0.798. The average Bonchev–Trinajstić information content (AvgIpc) is 3.24. The monoisotopic (exact) mass is 320 g/mol. The number of nitrogens with zero attached hydrogens (tertiary/aromatic N) is 3. The molecule has 0 saturated heterocycles. The second kappa shape index (κ2) is 6.07. The van der Waals surface area contributed by atoms with Crippen molar-refractivity contribution in [1.29, 1.82) is 0 Å². The van der Waals surface area contributed by atoms with E-state index in [9.17, 15) is 4.79 Å². The van der Waals surface area contributed by atoms with E-state index in [2.05, 4.69) is 15.3 Å². The second-order valence-corrected chi connectivity index (χ2v) is 6.39. The number of amides is 1. The fraction of sp³-hybridized carbons (Fsp3) is 0.316. The highest BCUT2D eigenvalue weighted by molar-refractivity contribution is 5.93. The molecule has 1 aliphatic rings. The molecular formula is C19H20N4O. The Morgan fingerprint density at radius 3 is 2.88 bits per heavy atom. The molecule has 122 valence electrons. The normalized spacial score (nSPS) is 15.0. The van der Waals surface area contributed by atoms with E-state index in [1.165, 1.54) is 0 Å². The van der Waals surface area contributed by atoms with Crippen molar-refractivity contribution in [3.63, 3.8) is 0 Å². The molecule has 2 aromatic heterocycles. The fourth-order valence-corrected chi connectivity index (χ4v) is 3.45. The number of aryl methyl sites for hydroxylation is 1. The highest BCUT2D eigenvalue weighted by atomic mass is 16.1. The van der Waals surface area contributed by atoms with Crippen LogP contribution < -0.4 is 5.32 Å². The average molecular weight is 320 g/mol. The van der Waals surface area contributed by atoms with Crippen molar-refractivity contribution < 1.29 is 4.79 Å². The van der Waals surface area contributed by atoms with Gasteiger partial charge in [-0.15, -0.1) is 0 Å². The Morgan fingerprint density at radius 1 is 1.25 bits per heavy atom. The zero-order valence-electron chi connectivity index (χ0n) is 13.7. The summed E-state index contributed by atoms with van der Waals surface area (Å²) in [6, 6.07) is 9.78. The summed E-state index contributed by atoms with van der Waals surface area (Å²) in [7, 11) is 0. The maximum Gasteiger partial charge on any atom is 0.234 e. The van der Waals surface area contributed by atoms with Crippen molar-refractivity contribution in [3.05, 3.63) is 48.4 Å². The Bertz CT molecular complexity index is 893. The third kappa shape index (κ3) is 2.66. The van der Waals surface area contributed by atoms with Crippen LogP contribution in [0.3, 0.4) is 0 Å². The molecule has 0 unspecified atom stereocenters. The number of aromatic nitrogens is 3. The lowest BCUT2D eigenvalue weighted by molar-refractivity contribution is -0.119. The summed E-state index contributed by atoms with van der Waals surface area (Å²) in [6.07, 6.45) is 8.02. The lowest BCUT2D eigenvalue weighted by atomic mass is 10.1. The van der Waals surface area contributed by atoms with E-state index in [0.717, 1.165) is 48.3 Å². The van der Waals surface area contributed by atoms with E-state index in [-0.39, 0.29) is 11.8 Å². The molecule has 0 atom stereocenters. The van der Waals surface area contributed by atoms with Crippen molar-refractivity contribution in [3.8, 4) is 11.3 Å². The van der Waals surface area contributed by atoms with Gasteiger partial charge < -0.3 is 5.32 Å². The lowest BCUT2D eigenvalue weighted by Gasteiger charge is -2.11. The Kier molecular flexibility index (Phi) is 3.76. The Hall–Kier alpha value is -2.69. The summed E-state index contributed by atoms with van der Waals surface area (Å²) >= 11 is 0. The third-order valence-corrected chi connectivity index (χ3v) is 4.77. The largest absolute Gasteiger partial charge is 0.326 e. The molecule has 0 aliphatic heterocycles. The van der Waals surface area contributed by atoms with Crippen molar-refractivity contribution in [2.24, 2.45) is 5.92 Å². The first-order chi connectivity index (χ1) is 11.7. The molecule has 2 heterocycles. The number of carbonyl (C=O) groups excluding carboxylic acids is 1. The van der Waals surface area contributed by atoms with Crippen molar-refractivity contribution >= 4 is 17.4 Å². The standard InChI is InChI=1S/C19H20N4O/c1-13-17(22-19-20-10-5-11-23(13)19)15-8-4-9-16(12-15)21-18(24)14-6-2-3-7-14/h4-5,8-12,14H,2-3,6-7H2,1H3,(H,21,24). The molecule has 1 N–H and O–H groups in total. The van der Waals surface area contributed by atoms with Gasteiger partial charge in [-0.3, -0.25) is 9.20 Å². The number of nitrogens with one attached hydrogen (secondary N) is 1. The van der Waals surface area contributed by atoms with E-state index >= 15 is 0 Å². The van der Waals surface area contributed by atoms with Gasteiger partial charge in [-0.2, -0.15) is 0 Å². The Labute approximate surface area is 140 Å². The molecule has 5 heteroatoms. The van der Waals surface area contributed by atoms with Gasteiger partial charge >= 0.3 is 0 Å². The predicted octanol–water partition coefficient (Wildman–Crippen LogP) is 3.83. The zero-order valence-corrected chi connectivity index (χ0v) is 13.7. The first-order valence-corrected chi connectivity index (χ1v) is 8.43. The molecule has 3 aromatic rings. The van der Waals surface area contributed by atoms with Gasteiger partial charge in [-0.1, -0.05) is 25.0 Å². The van der Waals surface area contributed by atoms with E-state index in [1.54, 1.807) is 6.20 Å². The van der Waals surface area contributed by atoms with Gasteiger partial charge in [0, 0.05) is 35.3 Å². The van der Waals surface area contributed by atoms with Gasteiger partial charge in [0.2, 0.25) is 11.7 Å². The van der Waals surface area contributed by atoms with Gasteiger partial charge in [-0.05, 0) is 38.0 Å². The number of hydrogen-bond acceptors (Lipinski definition) is 3. The zero-order chi connectivity index (χ0) is 16.5. The van der Waals surface area contributed by atoms with Gasteiger partial charge in [-0.25, -0.2) is 9.97 Å². The highest BCUT2D eigenvalue weighted by Crippen LogP contribution is 2.28. The van der Waals surface area contributed by atoms with Crippen molar-refractivity contribution in [2.45, 2.75) is 32.6 Å². The summed E-state index contributed by atoms with van der Waals surface area (Å²) in [5.41, 5.74) is 3.75. The fourth-order valence-electron chi connectivity index (χ4n) is 3.45. The molecule has 4 rings (SSSR count). The number of hydrogen-bond donors (Lipinski definition) is 1. The van der Waals surface area contributed by atoms with Gasteiger partial charge in [0.1, 0.15) is 0 Å². The highest BCUT2D eigenvalue weighted by Gasteiger charge is 2.22. The number of rotatable bonds is 3.